The van der Waals surface area contributed by atoms with E-state index in [-0.39, 0.29) is 30.1 Å². The van der Waals surface area contributed by atoms with E-state index in [9.17, 15) is 14.4 Å². The van der Waals surface area contributed by atoms with Crippen molar-refractivity contribution in [2.75, 3.05) is 25.0 Å². The van der Waals surface area contributed by atoms with Crippen LogP contribution in [-0.2, 0) is 14.3 Å². The first kappa shape index (κ1) is 19.0. The van der Waals surface area contributed by atoms with Crippen LogP contribution >= 0.6 is 0 Å². The third-order valence-electron chi connectivity index (χ3n) is 4.19. The summed E-state index contributed by atoms with van der Waals surface area (Å²) in [5.41, 5.74) is 1.06. The van der Waals surface area contributed by atoms with Crippen LogP contribution in [0.5, 0.6) is 0 Å². The van der Waals surface area contributed by atoms with Gasteiger partial charge in [0.2, 0.25) is 11.8 Å². The molecule has 0 bridgehead atoms. The fraction of sp³-hybridized carbons (Fsp3) is 0.526. The Bertz CT molecular complexity index is 612. The third kappa shape index (κ3) is 5.31. The average Bonchev–Trinajstić information content (AvgIpc) is 2.99. The second-order valence-corrected chi connectivity index (χ2v) is 6.30. The van der Waals surface area contributed by atoms with E-state index in [0.29, 0.717) is 30.9 Å². The van der Waals surface area contributed by atoms with E-state index >= 15 is 0 Å². The first-order valence-corrected chi connectivity index (χ1v) is 8.91. The molecule has 1 N–H and O–H groups in total. The monoisotopic (exact) mass is 346 g/mol. The molecule has 2 rings (SSSR count). The number of rotatable bonds is 8. The summed E-state index contributed by atoms with van der Waals surface area (Å²) in [5.74, 6) is -0.803. The van der Waals surface area contributed by atoms with Crippen molar-refractivity contribution in [3.05, 3.63) is 29.8 Å². The van der Waals surface area contributed by atoms with Crippen molar-refractivity contribution in [1.82, 2.24) is 4.90 Å². The molecule has 1 aliphatic rings. The minimum absolute atomic E-state index is 0.0441. The van der Waals surface area contributed by atoms with Crippen molar-refractivity contribution in [2.24, 2.45) is 5.92 Å². The lowest BCUT2D eigenvalue weighted by atomic mass is 10.1. The Balaban J connectivity index is 1.88. The molecule has 6 nitrogen and oxygen atoms in total. The zero-order valence-electron chi connectivity index (χ0n) is 14.9. The first-order valence-electron chi connectivity index (χ1n) is 8.91. The fourth-order valence-electron chi connectivity index (χ4n) is 2.72. The Morgan fingerprint density at radius 1 is 1.20 bits per heavy atom. The summed E-state index contributed by atoms with van der Waals surface area (Å²) in [6.45, 7) is 5.59. The normalized spacial score (nSPS) is 16.8. The van der Waals surface area contributed by atoms with Gasteiger partial charge in [0, 0.05) is 25.2 Å². The molecule has 2 amide bonds. The third-order valence-corrected chi connectivity index (χ3v) is 4.19. The molecular weight excluding hydrogens is 320 g/mol. The van der Waals surface area contributed by atoms with Crippen LogP contribution < -0.4 is 5.32 Å². The number of carbonyl (C=O) groups is 3. The van der Waals surface area contributed by atoms with Gasteiger partial charge in [-0.2, -0.15) is 0 Å². The predicted molar refractivity (Wildman–Crippen MR) is 95.2 cm³/mol. The zero-order valence-corrected chi connectivity index (χ0v) is 14.9. The Morgan fingerprint density at radius 2 is 1.92 bits per heavy atom. The van der Waals surface area contributed by atoms with E-state index in [1.54, 1.807) is 29.2 Å². The van der Waals surface area contributed by atoms with Crippen molar-refractivity contribution in [1.29, 1.82) is 0 Å². The summed E-state index contributed by atoms with van der Waals surface area (Å²) in [6.07, 6.45) is 3.01. The van der Waals surface area contributed by atoms with Gasteiger partial charge in [0.05, 0.1) is 18.1 Å². The largest absolute Gasteiger partial charge is 0.462 e. The lowest BCUT2D eigenvalue weighted by Gasteiger charge is -2.16. The topological polar surface area (TPSA) is 75.7 Å². The van der Waals surface area contributed by atoms with E-state index in [4.69, 9.17) is 4.74 Å². The molecule has 0 radical (unpaired) electrons. The smallest absolute Gasteiger partial charge is 0.338 e. The molecule has 1 aromatic rings. The van der Waals surface area contributed by atoms with Gasteiger partial charge in [0.1, 0.15) is 0 Å². The first-order chi connectivity index (χ1) is 12.0. The molecule has 136 valence electrons. The number of esters is 1. The van der Waals surface area contributed by atoms with Crippen molar-refractivity contribution >= 4 is 23.5 Å². The number of hydrogen-bond acceptors (Lipinski definition) is 4. The van der Waals surface area contributed by atoms with Crippen molar-refractivity contribution in [2.45, 2.75) is 39.5 Å². The van der Waals surface area contributed by atoms with E-state index in [1.165, 1.54) is 0 Å². The number of unbranched alkanes of at least 4 members (excludes halogenated alkanes) is 1. The highest BCUT2D eigenvalue weighted by Gasteiger charge is 2.33. The Kier molecular flexibility index (Phi) is 6.98. The quantitative estimate of drug-likeness (QED) is 0.735. The minimum Gasteiger partial charge on any atom is -0.462 e. The van der Waals surface area contributed by atoms with Gasteiger partial charge in [-0.15, -0.1) is 0 Å². The summed E-state index contributed by atoms with van der Waals surface area (Å²) in [7, 11) is 0. The highest BCUT2D eigenvalue weighted by Crippen LogP contribution is 2.20. The Morgan fingerprint density at radius 3 is 2.56 bits per heavy atom. The molecule has 1 atom stereocenters. The van der Waals surface area contributed by atoms with E-state index in [1.807, 2.05) is 6.92 Å². The number of likely N-dealkylation sites (tertiary alicyclic amines) is 1. The molecule has 0 aromatic heterocycles. The van der Waals surface area contributed by atoms with Crippen LogP contribution in [0.25, 0.3) is 0 Å². The molecule has 0 saturated carbocycles. The van der Waals surface area contributed by atoms with Crippen molar-refractivity contribution < 1.29 is 19.1 Å². The maximum atomic E-state index is 12.4. The molecule has 1 heterocycles. The second-order valence-electron chi connectivity index (χ2n) is 6.30. The maximum Gasteiger partial charge on any atom is 0.338 e. The summed E-state index contributed by atoms with van der Waals surface area (Å²) in [4.78, 5) is 37.8. The molecule has 6 heteroatoms. The van der Waals surface area contributed by atoms with Crippen molar-refractivity contribution in [3.63, 3.8) is 0 Å². The van der Waals surface area contributed by atoms with E-state index in [0.717, 1.165) is 19.3 Å². The number of amides is 2. The molecule has 25 heavy (non-hydrogen) atoms. The van der Waals surface area contributed by atoms with Crippen LogP contribution in [0.1, 0.15) is 49.9 Å². The summed E-state index contributed by atoms with van der Waals surface area (Å²) in [5, 5.41) is 2.82. The predicted octanol–water partition coefficient (Wildman–Crippen LogP) is 2.84. The van der Waals surface area contributed by atoms with Gasteiger partial charge in [-0.25, -0.2) is 4.79 Å². The molecule has 0 spiro atoms. The number of nitrogens with one attached hydrogen (secondary N) is 1. The van der Waals surface area contributed by atoms with Gasteiger partial charge in [0.25, 0.3) is 0 Å². The zero-order chi connectivity index (χ0) is 18.2. The lowest BCUT2D eigenvalue weighted by Crippen LogP contribution is -2.29. The molecule has 1 saturated heterocycles. The fourth-order valence-corrected chi connectivity index (χ4v) is 2.72. The summed E-state index contributed by atoms with van der Waals surface area (Å²) < 4.78 is 5.07. The lowest BCUT2D eigenvalue weighted by molar-refractivity contribution is -0.128. The molecular formula is C19H26N2O4. The van der Waals surface area contributed by atoms with Gasteiger partial charge < -0.3 is 15.0 Å². The Labute approximate surface area is 148 Å². The van der Waals surface area contributed by atoms with Crippen LogP contribution in [0.4, 0.5) is 5.69 Å². The highest BCUT2D eigenvalue weighted by atomic mass is 16.5. The van der Waals surface area contributed by atoms with Crippen molar-refractivity contribution in [3.8, 4) is 0 Å². The maximum absolute atomic E-state index is 12.4. The summed E-state index contributed by atoms with van der Waals surface area (Å²) >= 11 is 0. The SMILES string of the molecule is CCCCN1CC(C(=O)Nc2ccc(C(=O)OCCC)cc2)CC1=O. The number of anilines is 1. The van der Waals surface area contributed by atoms with Crippen LogP contribution in [0.3, 0.4) is 0 Å². The molecule has 1 unspecified atom stereocenters. The Hall–Kier alpha value is -2.37. The van der Waals surface area contributed by atoms with Crippen LogP contribution in [0.2, 0.25) is 0 Å². The van der Waals surface area contributed by atoms with E-state index < -0.39 is 0 Å². The second kappa shape index (κ2) is 9.20. The van der Waals surface area contributed by atoms with Gasteiger partial charge in [-0.3, -0.25) is 9.59 Å². The molecule has 1 aliphatic heterocycles. The number of carbonyl (C=O) groups excluding carboxylic acids is 3. The standard InChI is InChI=1S/C19H26N2O4/c1-3-5-10-21-13-15(12-17(21)22)18(23)20-16-8-6-14(7-9-16)19(24)25-11-4-2/h6-9,15H,3-5,10-13H2,1-2H3,(H,20,23). The molecule has 0 aliphatic carbocycles. The number of ether oxygens (including phenoxy) is 1. The number of benzene rings is 1. The van der Waals surface area contributed by atoms with Gasteiger partial charge in [-0.05, 0) is 37.1 Å². The van der Waals surface area contributed by atoms with Gasteiger partial charge in [0.15, 0.2) is 0 Å². The minimum atomic E-state index is -0.368. The molecule has 1 fully saturated rings. The van der Waals surface area contributed by atoms with Crippen LogP contribution in [-0.4, -0.2) is 42.4 Å². The molecule has 1 aromatic carbocycles. The van der Waals surface area contributed by atoms with E-state index in [2.05, 4.69) is 12.2 Å². The summed E-state index contributed by atoms with van der Waals surface area (Å²) in [6, 6.07) is 6.60. The van der Waals surface area contributed by atoms with Gasteiger partial charge >= 0.3 is 5.97 Å². The van der Waals surface area contributed by atoms with Crippen LogP contribution in [0.15, 0.2) is 24.3 Å². The average molecular weight is 346 g/mol. The van der Waals surface area contributed by atoms with Crippen LogP contribution in [0, 0.1) is 5.92 Å². The number of hydrogen-bond donors (Lipinski definition) is 1. The van der Waals surface area contributed by atoms with Gasteiger partial charge in [-0.1, -0.05) is 20.3 Å². The number of nitrogens with zero attached hydrogens (tertiary/aromatic N) is 1. The highest BCUT2D eigenvalue weighted by molar-refractivity contribution is 5.97.